The van der Waals surface area contributed by atoms with Crippen molar-refractivity contribution in [2.24, 2.45) is 5.92 Å². The van der Waals surface area contributed by atoms with Gasteiger partial charge in [0.2, 0.25) is 5.91 Å². The van der Waals surface area contributed by atoms with Gasteiger partial charge in [0.1, 0.15) is 6.54 Å². The summed E-state index contributed by atoms with van der Waals surface area (Å²) < 4.78 is 1.35. The molecule has 3 rings (SSSR count). The summed E-state index contributed by atoms with van der Waals surface area (Å²) in [4.78, 5) is 34.0. The number of nitrogens with zero attached hydrogens (tertiary/aromatic N) is 4. The summed E-state index contributed by atoms with van der Waals surface area (Å²) in [6.07, 6.45) is 7.82. The predicted molar refractivity (Wildman–Crippen MR) is 85.7 cm³/mol. The van der Waals surface area contributed by atoms with Gasteiger partial charge in [0.15, 0.2) is 0 Å². The van der Waals surface area contributed by atoms with Gasteiger partial charge in [-0.1, -0.05) is 6.07 Å². The second kappa shape index (κ2) is 7.17. The van der Waals surface area contributed by atoms with Crippen molar-refractivity contribution < 1.29 is 4.79 Å². The Morgan fingerprint density at radius 3 is 2.87 bits per heavy atom. The molecule has 0 unspecified atom stereocenters. The molecule has 1 atom stereocenters. The molecule has 3 heterocycles. The molecule has 6 nitrogen and oxygen atoms in total. The van der Waals surface area contributed by atoms with E-state index in [0.717, 1.165) is 38.0 Å². The van der Waals surface area contributed by atoms with Crippen molar-refractivity contribution in [2.45, 2.75) is 25.8 Å². The van der Waals surface area contributed by atoms with Crippen LogP contribution in [-0.2, 0) is 17.8 Å². The first-order valence-corrected chi connectivity index (χ1v) is 7.91. The van der Waals surface area contributed by atoms with E-state index in [0.29, 0.717) is 5.92 Å². The highest BCUT2D eigenvalue weighted by atomic mass is 16.2. The molecule has 1 aliphatic heterocycles. The Balaban J connectivity index is 1.61. The summed E-state index contributed by atoms with van der Waals surface area (Å²) in [6.45, 7) is 1.54. The standard InChI is InChI=1S/C17H20N4O2/c22-16(13-21-10-4-8-19-17(21)23)20-9-3-5-14(12-20)11-15-6-1-2-7-18-15/h1-2,4,6-8,10,14H,3,5,9,11-13H2/t14-/m1/s1. The number of pyridine rings is 1. The summed E-state index contributed by atoms with van der Waals surface area (Å²) in [5.41, 5.74) is 0.679. The van der Waals surface area contributed by atoms with Crippen LogP contribution in [0.2, 0.25) is 0 Å². The van der Waals surface area contributed by atoms with Gasteiger partial charge in [-0.3, -0.25) is 14.3 Å². The summed E-state index contributed by atoms with van der Waals surface area (Å²) >= 11 is 0. The number of hydrogen-bond donors (Lipinski definition) is 0. The van der Waals surface area contributed by atoms with Gasteiger partial charge in [-0.25, -0.2) is 9.78 Å². The molecule has 0 aromatic carbocycles. The molecule has 0 spiro atoms. The number of hydrogen-bond acceptors (Lipinski definition) is 4. The third-order valence-corrected chi connectivity index (χ3v) is 4.18. The number of rotatable bonds is 4. The molecule has 2 aromatic rings. The highest BCUT2D eigenvalue weighted by molar-refractivity contribution is 5.76. The molecule has 0 radical (unpaired) electrons. The summed E-state index contributed by atoms with van der Waals surface area (Å²) in [5, 5.41) is 0. The van der Waals surface area contributed by atoms with Crippen LogP contribution in [0.15, 0.2) is 47.7 Å². The molecule has 0 bridgehead atoms. The zero-order chi connectivity index (χ0) is 16.1. The lowest BCUT2D eigenvalue weighted by atomic mass is 9.93. The van der Waals surface area contributed by atoms with Crippen LogP contribution < -0.4 is 5.69 Å². The quantitative estimate of drug-likeness (QED) is 0.848. The molecular formula is C17H20N4O2. The molecule has 2 aromatic heterocycles. The van der Waals surface area contributed by atoms with E-state index in [4.69, 9.17) is 0 Å². The average Bonchev–Trinajstić information content (AvgIpc) is 2.58. The molecule has 6 heteroatoms. The second-order valence-electron chi connectivity index (χ2n) is 5.90. The van der Waals surface area contributed by atoms with Gasteiger partial charge in [0.05, 0.1) is 0 Å². The SMILES string of the molecule is O=C(Cn1cccnc1=O)N1CCC[C@H](Cc2ccccn2)C1. The summed E-state index contributed by atoms with van der Waals surface area (Å²) in [6, 6.07) is 7.58. The molecule has 0 saturated carbocycles. The number of carbonyl (C=O) groups is 1. The summed E-state index contributed by atoms with van der Waals surface area (Å²) in [7, 11) is 0. The van der Waals surface area contributed by atoms with Crippen LogP contribution in [0, 0.1) is 5.92 Å². The van der Waals surface area contributed by atoms with Crippen LogP contribution in [0.4, 0.5) is 0 Å². The molecule has 120 valence electrons. The topological polar surface area (TPSA) is 68.1 Å². The van der Waals surface area contributed by atoms with Crippen LogP contribution in [-0.4, -0.2) is 38.4 Å². The fraction of sp³-hybridized carbons (Fsp3) is 0.412. The third kappa shape index (κ3) is 4.03. The van der Waals surface area contributed by atoms with Gasteiger partial charge in [-0.15, -0.1) is 0 Å². The number of amides is 1. The highest BCUT2D eigenvalue weighted by Gasteiger charge is 2.24. The minimum absolute atomic E-state index is 0.0224. The second-order valence-corrected chi connectivity index (χ2v) is 5.90. The monoisotopic (exact) mass is 312 g/mol. The molecule has 0 aliphatic carbocycles. The fourth-order valence-electron chi connectivity index (χ4n) is 3.03. The molecule has 23 heavy (non-hydrogen) atoms. The van der Waals surface area contributed by atoms with E-state index in [9.17, 15) is 9.59 Å². The van der Waals surface area contributed by atoms with E-state index in [1.807, 2.05) is 23.1 Å². The lowest BCUT2D eigenvalue weighted by Gasteiger charge is -2.32. The maximum atomic E-state index is 12.4. The van der Waals surface area contributed by atoms with Crippen molar-refractivity contribution in [3.05, 3.63) is 59.0 Å². The Morgan fingerprint density at radius 1 is 1.22 bits per heavy atom. The number of carbonyl (C=O) groups excluding carboxylic acids is 1. The first-order chi connectivity index (χ1) is 11.2. The van der Waals surface area contributed by atoms with Crippen molar-refractivity contribution in [1.82, 2.24) is 19.4 Å². The van der Waals surface area contributed by atoms with Gasteiger partial charge in [-0.05, 0) is 43.4 Å². The Kier molecular flexibility index (Phi) is 4.80. The van der Waals surface area contributed by atoms with Gasteiger partial charge in [-0.2, -0.15) is 0 Å². The van der Waals surface area contributed by atoms with Crippen LogP contribution in [0.5, 0.6) is 0 Å². The lowest BCUT2D eigenvalue weighted by Crippen LogP contribution is -2.43. The van der Waals surface area contributed by atoms with Crippen molar-refractivity contribution in [3.8, 4) is 0 Å². The highest BCUT2D eigenvalue weighted by Crippen LogP contribution is 2.20. The van der Waals surface area contributed by atoms with Crippen LogP contribution in [0.25, 0.3) is 0 Å². The zero-order valence-electron chi connectivity index (χ0n) is 13.0. The Labute approximate surface area is 134 Å². The van der Waals surface area contributed by atoms with Crippen LogP contribution in [0.3, 0.4) is 0 Å². The third-order valence-electron chi connectivity index (χ3n) is 4.18. The molecular weight excluding hydrogens is 292 g/mol. The van der Waals surface area contributed by atoms with E-state index in [-0.39, 0.29) is 18.1 Å². The number of aromatic nitrogens is 3. The first-order valence-electron chi connectivity index (χ1n) is 7.91. The lowest BCUT2D eigenvalue weighted by molar-refractivity contribution is -0.133. The van der Waals surface area contributed by atoms with Crippen molar-refractivity contribution in [2.75, 3.05) is 13.1 Å². The minimum atomic E-state index is -0.386. The van der Waals surface area contributed by atoms with Gasteiger partial charge >= 0.3 is 5.69 Å². The van der Waals surface area contributed by atoms with E-state index in [1.165, 1.54) is 10.8 Å². The Bertz CT molecular complexity index is 714. The average molecular weight is 312 g/mol. The van der Waals surface area contributed by atoms with E-state index < -0.39 is 0 Å². The zero-order valence-corrected chi connectivity index (χ0v) is 13.0. The van der Waals surface area contributed by atoms with Gasteiger partial charge < -0.3 is 4.90 Å². The maximum Gasteiger partial charge on any atom is 0.347 e. The Morgan fingerprint density at radius 2 is 2.09 bits per heavy atom. The first kappa shape index (κ1) is 15.4. The van der Waals surface area contributed by atoms with E-state index in [1.54, 1.807) is 18.5 Å². The summed E-state index contributed by atoms with van der Waals surface area (Å²) in [5.74, 6) is 0.402. The minimum Gasteiger partial charge on any atom is -0.341 e. The predicted octanol–water partition coefficient (Wildman–Crippen LogP) is 1.12. The Hall–Kier alpha value is -2.50. The van der Waals surface area contributed by atoms with Crippen molar-refractivity contribution >= 4 is 5.91 Å². The maximum absolute atomic E-state index is 12.4. The molecule has 1 aliphatic rings. The molecule has 1 fully saturated rings. The van der Waals surface area contributed by atoms with Gasteiger partial charge in [0.25, 0.3) is 0 Å². The smallest absolute Gasteiger partial charge is 0.341 e. The molecule has 0 N–H and O–H groups in total. The van der Waals surface area contributed by atoms with Crippen molar-refractivity contribution in [3.63, 3.8) is 0 Å². The van der Waals surface area contributed by atoms with Crippen LogP contribution in [0.1, 0.15) is 18.5 Å². The van der Waals surface area contributed by atoms with E-state index in [2.05, 4.69) is 9.97 Å². The largest absolute Gasteiger partial charge is 0.347 e. The van der Waals surface area contributed by atoms with Gasteiger partial charge in [0, 0.05) is 37.4 Å². The molecule has 1 saturated heterocycles. The van der Waals surface area contributed by atoms with E-state index >= 15 is 0 Å². The van der Waals surface area contributed by atoms with Crippen LogP contribution >= 0.6 is 0 Å². The molecule has 1 amide bonds. The number of piperidine rings is 1. The van der Waals surface area contributed by atoms with Crippen molar-refractivity contribution in [1.29, 1.82) is 0 Å². The fourth-order valence-corrected chi connectivity index (χ4v) is 3.03. The number of likely N-dealkylation sites (tertiary alicyclic amines) is 1. The normalized spacial score (nSPS) is 17.9.